The van der Waals surface area contributed by atoms with Gasteiger partial charge in [-0.2, -0.15) is 13.2 Å². The van der Waals surface area contributed by atoms with Crippen molar-refractivity contribution in [2.45, 2.75) is 17.9 Å². The first-order valence-electron chi connectivity index (χ1n) is 9.30. The van der Waals surface area contributed by atoms with Gasteiger partial charge in [-0.3, -0.25) is 4.79 Å². The molecule has 0 aliphatic heterocycles. The van der Waals surface area contributed by atoms with E-state index in [-0.39, 0.29) is 16.5 Å². The Hall–Kier alpha value is -3.05. The SMILES string of the molecule is Cn1c(Cn2cnc3ccccc32)nnc1SCC(=O)Nc1ccc(C(F)(F)F)cc1Cl. The number of nitrogens with one attached hydrogen (secondary N) is 1. The van der Waals surface area contributed by atoms with E-state index in [0.717, 1.165) is 41.0 Å². The molecule has 166 valence electrons. The molecule has 0 radical (unpaired) electrons. The van der Waals surface area contributed by atoms with Crippen molar-refractivity contribution in [2.24, 2.45) is 7.05 Å². The van der Waals surface area contributed by atoms with Gasteiger partial charge in [0.2, 0.25) is 5.91 Å². The van der Waals surface area contributed by atoms with Gasteiger partial charge in [-0.25, -0.2) is 4.98 Å². The molecule has 0 fully saturated rings. The fourth-order valence-electron chi connectivity index (χ4n) is 3.01. The Balaban J connectivity index is 1.38. The first-order chi connectivity index (χ1) is 15.2. The van der Waals surface area contributed by atoms with Gasteiger partial charge in [-0.05, 0) is 30.3 Å². The van der Waals surface area contributed by atoms with Gasteiger partial charge in [0.15, 0.2) is 11.0 Å². The van der Waals surface area contributed by atoms with Crippen LogP contribution in [0, 0.1) is 0 Å². The fourth-order valence-corrected chi connectivity index (χ4v) is 3.96. The molecule has 1 N–H and O–H groups in total. The third-order valence-electron chi connectivity index (χ3n) is 4.67. The maximum Gasteiger partial charge on any atom is 0.416 e. The normalized spacial score (nSPS) is 11.8. The van der Waals surface area contributed by atoms with E-state index in [1.165, 1.54) is 0 Å². The fraction of sp³-hybridized carbons (Fsp3) is 0.200. The van der Waals surface area contributed by atoms with Gasteiger partial charge in [-0.1, -0.05) is 35.5 Å². The summed E-state index contributed by atoms with van der Waals surface area (Å²) in [6.45, 7) is 0.456. The number of hydrogen-bond donors (Lipinski definition) is 1. The molecule has 0 bridgehead atoms. The molecule has 12 heteroatoms. The van der Waals surface area contributed by atoms with E-state index in [1.807, 2.05) is 28.8 Å². The maximum absolute atomic E-state index is 12.7. The summed E-state index contributed by atoms with van der Waals surface area (Å²) in [5.41, 5.74) is 1.07. The number of alkyl halides is 3. The van der Waals surface area contributed by atoms with E-state index >= 15 is 0 Å². The van der Waals surface area contributed by atoms with Gasteiger partial charge in [0.25, 0.3) is 0 Å². The highest BCUT2D eigenvalue weighted by molar-refractivity contribution is 7.99. The Morgan fingerprint density at radius 1 is 1.19 bits per heavy atom. The minimum absolute atomic E-state index is 0.0165. The zero-order valence-electron chi connectivity index (χ0n) is 16.6. The van der Waals surface area contributed by atoms with E-state index < -0.39 is 17.6 Å². The van der Waals surface area contributed by atoms with Crippen LogP contribution in [-0.2, 0) is 24.6 Å². The summed E-state index contributed by atoms with van der Waals surface area (Å²) in [7, 11) is 1.79. The number of hydrogen-bond acceptors (Lipinski definition) is 5. The Kier molecular flexibility index (Phi) is 6.11. The van der Waals surface area contributed by atoms with Crippen molar-refractivity contribution in [3.8, 4) is 0 Å². The Morgan fingerprint density at radius 2 is 1.97 bits per heavy atom. The summed E-state index contributed by atoms with van der Waals surface area (Å²) in [5, 5.41) is 11.2. The number of carbonyl (C=O) groups excluding carboxylic acids is 1. The van der Waals surface area contributed by atoms with Gasteiger partial charge >= 0.3 is 6.18 Å². The summed E-state index contributed by atoms with van der Waals surface area (Å²) in [6.07, 6.45) is -2.78. The zero-order valence-corrected chi connectivity index (χ0v) is 18.2. The summed E-state index contributed by atoms with van der Waals surface area (Å²) in [6, 6.07) is 10.5. The van der Waals surface area contributed by atoms with E-state index in [4.69, 9.17) is 11.6 Å². The lowest BCUT2D eigenvalue weighted by molar-refractivity contribution is -0.137. The molecule has 32 heavy (non-hydrogen) atoms. The average molecular weight is 481 g/mol. The number of benzene rings is 2. The molecule has 0 saturated heterocycles. The van der Waals surface area contributed by atoms with E-state index in [0.29, 0.717) is 17.5 Å². The quantitative estimate of drug-likeness (QED) is 0.408. The van der Waals surface area contributed by atoms with Gasteiger partial charge in [0, 0.05) is 7.05 Å². The lowest BCUT2D eigenvalue weighted by Crippen LogP contribution is -2.15. The highest BCUT2D eigenvalue weighted by Crippen LogP contribution is 2.33. The lowest BCUT2D eigenvalue weighted by atomic mass is 10.2. The maximum atomic E-state index is 12.7. The second-order valence-electron chi connectivity index (χ2n) is 6.85. The number of anilines is 1. The highest BCUT2D eigenvalue weighted by Gasteiger charge is 2.31. The summed E-state index contributed by atoms with van der Waals surface area (Å²) < 4.78 is 41.9. The monoisotopic (exact) mass is 480 g/mol. The molecule has 0 aliphatic carbocycles. The van der Waals surface area contributed by atoms with Gasteiger partial charge in [0.1, 0.15) is 0 Å². The van der Waals surface area contributed by atoms with E-state index in [9.17, 15) is 18.0 Å². The van der Waals surface area contributed by atoms with Gasteiger partial charge < -0.3 is 14.5 Å². The van der Waals surface area contributed by atoms with Gasteiger partial charge in [0.05, 0.1) is 45.9 Å². The number of imidazole rings is 1. The minimum Gasteiger partial charge on any atom is -0.324 e. The molecule has 4 aromatic rings. The van der Waals surface area contributed by atoms with Crippen LogP contribution in [0.3, 0.4) is 0 Å². The number of fused-ring (bicyclic) bond motifs is 1. The third-order valence-corrected chi connectivity index (χ3v) is 6.00. The van der Waals surface area contributed by atoms with Crippen LogP contribution in [0.1, 0.15) is 11.4 Å². The first-order valence-corrected chi connectivity index (χ1v) is 10.7. The number of aromatic nitrogens is 5. The molecule has 0 aliphatic rings. The number of para-hydroxylation sites is 2. The molecule has 2 aromatic heterocycles. The Labute approximate surface area is 189 Å². The summed E-state index contributed by atoms with van der Waals surface area (Å²) in [5.74, 6) is 0.237. The van der Waals surface area contributed by atoms with Crippen LogP contribution in [0.5, 0.6) is 0 Å². The van der Waals surface area contributed by atoms with Crippen LogP contribution in [0.15, 0.2) is 53.9 Å². The van der Waals surface area contributed by atoms with Crippen LogP contribution in [0.25, 0.3) is 11.0 Å². The standard InChI is InChI=1S/C20H16ClF3N6OS/c1-29-17(9-30-11-25-15-4-2-3-5-16(15)30)27-28-19(29)32-10-18(31)26-14-7-6-12(8-13(14)21)20(22,23)24/h2-8,11H,9-10H2,1H3,(H,26,31). The van der Waals surface area contributed by atoms with Crippen LogP contribution in [0.2, 0.25) is 5.02 Å². The van der Waals surface area contributed by atoms with Crippen molar-refractivity contribution >= 4 is 46.0 Å². The molecular formula is C20H16ClF3N6OS. The van der Waals surface area contributed by atoms with Crippen molar-refractivity contribution in [1.82, 2.24) is 24.3 Å². The molecule has 0 unspecified atom stereocenters. The number of amides is 1. The Bertz CT molecular complexity index is 1290. The third kappa shape index (κ3) is 4.73. The summed E-state index contributed by atoms with van der Waals surface area (Å²) in [4.78, 5) is 16.6. The van der Waals surface area contributed by atoms with Crippen LogP contribution in [-0.4, -0.2) is 36.0 Å². The highest BCUT2D eigenvalue weighted by atomic mass is 35.5. The van der Waals surface area contributed by atoms with Crippen LogP contribution in [0.4, 0.5) is 18.9 Å². The second-order valence-corrected chi connectivity index (χ2v) is 8.20. The molecule has 0 saturated carbocycles. The van der Waals surface area contributed by atoms with Gasteiger partial charge in [-0.15, -0.1) is 10.2 Å². The van der Waals surface area contributed by atoms with Crippen molar-refractivity contribution in [3.05, 3.63) is 65.2 Å². The largest absolute Gasteiger partial charge is 0.416 e. The molecule has 7 nitrogen and oxygen atoms in total. The number of rotatable bonds is 6. The van der Waals surface area contributed by atoms with Crippen molar-refractivity contribution in [2.75, 3.05) is 11.1 Å². The summed E-state index contributed by atoms with van der Waals surface area (Å²) >= 11 is 7.03. The van der Waals surface area contributed by atoms with Crippen molar-refractivity contribution < 1.29 is 18.0 Å². The van der Waals surface area contributed by atoms with Crippen LogP contribution >= 0.6 is 23.4 Å². The van der Waals surface area contributed by atoms with Crippen molar-refractivity contribution in [1.29, 1.82) is 0 Å². The minimum atomic E-state index is -4.51. The molecule has 4 rings (SSSR count). The van der Waals surface area contributed by atoms with E-state index in [2.05, 4.69) is 20.5 Å². The molecule has 1 amide bonds. The van der Waals surface area contributed by atoms with Crippen LogP contribution < -0.4 is 5.32 Å². The molecule has 0 spiro atoms. The van der Waals surface area contributed by atoms with Crippen molar-refractivity contribution in [3.63, 3.8) is 0 Å². The molecule has 0 atom stereocenters. The second kappa shape index (κ2) is 8.83. The number of halogens is 4. The van der Waals surface area contributed by atoms with E-state index in [1.54, 1.807) is 17.9 Å². The average Bonchev–Trinajstić information content (AvgIpc) is 3.31. The number of carbonyl (C=O) groups is 1. The molecular weight excluding hydrogens is 465 g/mol. The number of thioether (sulfide) groups is 1. The predicted molar refractivity (Wildman–Crippen MR) is 116 cm³/mol. The lowest BCUT2D eigenvalue weighted by Gasteiger charge is -2.11. The smallest absolute Gasteiger partial charge is 0.324 e. The number of nitrogens with zero attached hydrogens (tertiary/aromatic N) is 5. The molecule has 2 aromatic carbocycles. The Morgan fingerprint density at radius 3 is 2.72 bits per heavy atom. The molecule has 2 heterocycles. The zero-order chi connectivity index (χ0) is 22.9. The topological polar surface area (TPSA) is 77.6 Å². The first kappa shape index (κ1) is 22.2. The predicted octanol–water partition coefficient (Wildman–Crippen LogP) is 4.62.